The maximum absolute atomic E-state index is 13.2. The Kier molecular flexibility index (Phi) is 4.06. The lowest BCUT2D eigenvalue weighted by Crippen LogP contribution is -2.15. The average Bonchev–Trinajstić information content (AvgIpc) is 2.64. The van der Waals surface area contributed by atoms with Crippen LogP contribution in [0.15, 0.2) is 66.7 Å². The molecule has 4 rings (SSSR count). The van der Waals surface area contributed by atoms with Gasteiger partial charge < -0.3 is 0 Å². The first-order valence-electron chi connectivity index (χ1n) is 8.22. The minimum Gasteiger partial charge on any atom is -0.239 e. The van der Waals surface area contributed by atoms with Crippen molar-refractivity contribution < 1.29 is 26.3 Å². The lowest BCUT2D eigenvalue weighted by molar-refractivity contribution is -0.150. The second-order valence-corrected chi connectivity index (χ2v) is 6.32. The number of pyridine rings is 1. The van der Waals surface area contributed by atoms with Gasteiger partial charge in [-0.3, -0.25) is 0 Å². The van der Waals surface area contributed by atoms with Gasteiger partial charge in [-0.15, -0.1) is 0 Å². The van der Waals surface area contributed by atoms with Gasteiger partial charge in [0.2, 0.25) is 0 Å². The van der Waals surface area contributed by atoms with Crippen LogP contribution in [0.1, 0.15) is 11.4 Å². The third kappa shape index (κ3) is 3.17. The van der Waals surface area contributed by atoms with Gasteiger partial charge >= 0.3 is 12.4 Å². The van der Waals surface area contributed by atoms with Crippen molar-refractivity contribution in [3.05, 3.63) is 78.1 Å². The monoisotopic (exact) mass is 391 g/mol. The van der Waals surface area contributed by atoms with Crippen molar-refractivity contribution in [1.29, 1.82) is 0 Å². The minimum atomic E-state index is -5.00. The van der Waals surface area contributed by atoms with Gasteiger partial charge in [0, 0.05) is 0 Å². The Hall–Kier alpha value is -3.09. The molecule has 0 aliphatic carbocycles. The predicted octanol–water partition coefficient (Wildman–Crippen LogP) is 7.09. The minimum absolute atomic E-state index is 0.178. The SMILES string of the molecule is FC(F)(F)c1cc(-c2c3ccccc3cc3ccccc23)cc(C(F)(F)F)n1. The molecular weight excluding hydrogens is 380 g/mol. The van der Waals surface area contributed by atoms with Crippen LogP contribution in [0, 0.1) is 0 Å². The molecule has 0 fully saturated rings. The van der Waals surface area contributed by atoms with Crippen molar-refractivity contribution >= 4 is 21.5 Å². The number of rotatable bonds is 1. The van der Waals surface area contributed by atoms with E-state index in [2.05, 4.69) is 4.98 Å². The summed E-state index contributed by atoms with van der Waals surface area (Å²) in [4.78, 5) is 2.81. The molecule has 1 aromatic heterocycles. The molecule has 0 aliphatic heterocycles. The number of halogens is 6. The number of hydrogen-bond acceptors (Lipinski definition) is 1. The van der Waals surface area contributed by atoms with E-state index in [-0.39, 0.29) is 5.56 Å². The molecule has 0 saturated carbocycles. The average molecular weight is 391 g/mol. The van der Waals surface area contributed by atoms with Crippen LogP contribution in [0.2, 0.25) is 0 Å². The Bertz CT molecular complexity index is 1100. The summed E-state index contributed by atoms with van der Waals surface area (Å²) in [6, 6.07) is 17.0. The quantitative estimate of drug-likeness (QED) is 0.249. The van der Waals surface area contributed by atoms with Gasteiger partial charge in [0.1, 0.15) is 11.4 Å². The van der Waals surface area contributed by atoms with Gasteiger partial charge in [-0.1, -0.05) is 48.5 Å². The molecule has 4 aromatic rings. The third-order valence-electron chi connectivity index (χ3n) is 4.47. The van der Waals surface area contributed by atoms with E-state index in [1.807, 2.05) is 6.07 Å². The van der Waals surface area contributed by atoms with Crippen molar-refractivity contribution in [2.24, 2.45) is 0 Å². The smallest absolute Gasteiger partial charge is 0.239 e. The highest BCUT2D eigenvalue weighted by Crippen LogP contribution is 2.41. The first kappa shape index (κ1) is 18.3. The van der Waals surface area contributed by atoms with Crippen LogP contribution in [0.4, 0.5) is 26.3 Å². The van der Waals surface area contributed by atoms with Gasteiger partial charge in [0.25, 0.3) is 0 Å². The molecule has 7 heteroatoms. The van der Waals surface area contributed by atoms with Gasteiger partial charge in [0.05, 0.1) is 0 Å². The van der Waals surface area contributed by atoms with E-state index in [9.17, 15) is 26.3 Å². The van der Waals surface area contributed by atoms with Gasteiger partial charge in [-0.05, 0) is 50.9 Å². The Morgan fingerprint density at radius 1 is 0.571 bits per heavy atom. The fourth-order valence-corrected chi connectivity index (χ4v) is 3.29. The third-order valence-corrected chi connectivity index (χ3v) is 4.47. The molecule has 1 nitrogen and oxygen atoms in total. The van der Waals surface area contributed by atoms with Gasteiger partial charge in [-0.25, -0.2) is 4.98 Å². The van der Waals surface area contributed by atoms with Gasteiger partial charge in [0.15, 0.2) is 0 Å². The number of fused-ring (bicyclic) bond motifs is 2. The fourth-order valence-electron chi connectivity index (χ4n) is 3.29. The summed E-state index contributed by atoms with van der Waals surface area (Å²) in [5.41, 5.74) is -3.02. The normalized spacial score (nSPS) is 12.6. The van der Waals surface area contributed by atoms with Crippen molar-refractivity contribution in [2.75, 3.05) is 0 Å². The number of hydrogen-bond donors (Lipinski definition) is 0. The molecule has 0 amide bonds. The zero-order chi connectivity index (χ0) is 20.1. The highest BCUT2D eigenvalue weighted by Gasteiger charge is 2.39. The van der Waals surface area contributed by atoms with Gasteiger partial charge in [-0.2, -0.15) is 26.3 Å². The van der Waals surface area contributed by atoms with Crippen LogP contribution < -0.4 is 0 Å². The Morgan fingerprint density at radius 3 is 1.43 bits per heavy atom. The summed E-state index contributed by atoms with van der Waals surface area (Å²) >= 11 is 0. The molecule has 0 N–H and O–H groups in total. The molecule has 0 bridgehead atoms. The van der Waals surface area contributed by atoms with Crippen LogP contribution in [0.3, 0.4) is 0 Å². The maximum atomic E-state index is 13.2. The summed E-state index contributed by atoms with van der Waals surface area (Å²) in [6.45, 7) is 0. The molecular formula is C21H11F6N. The highest BCUT2D eigenvalue weighted by atomic mass is 19.4. The first-order valence-corrected chi connectivity index (χ1v) is 8.22. The van der Waals surface area contributed by atoms with E-state index in [0.29, 0.717) is 28.5 Å². The number of aromatic nitrogens is 1. The van der Waals surface area contributed by atoms with Crippen molar-refractivity contribution in [1.82, 2.24) is 4.98 Å². The zero-order valence-electron chi connectivity index (χ0n) is 14.1. The molecule has 0 unspecified atom stereocenters. The predicted molar refractivity (Wildman–Crippen MR) is 94.7 cm³/mol. The Labute approximate surface area is 155 Å². The molecule has 1 heterocycles. The topological polar surface area (TPSA) is 12.9 Å². The van der Waals surface area contributed by atoms with E-state index in [0.717, 1.165) is 10.8 Å². The number of nitrogens with zero attached hydrogens (tertiary/aromatic N) is 1. The summed E-state index contributed by atoms with van der Waals surface area (Å²) in [5, 5.41) is 2.56. The summed E-state index contributed by atoms with van der Waals surface area (Å²) in [7, 11) is 0. The van der Waals surface area contributed by atoms with Crippen LogP contribution >= 0.6 is 0 Å². The highest BCUT2D eigenvalue weighted by molar-refractivity contribution is 6.12. The number of benzene rings is 3. The second kappa shape index (κ2) is 6.22. The van der Waals surface area contributed by atoms with Crippen LogP contribution in [0.5, 0.6) is 0 Å². The van der Waals surface area contributed by atoms with Crippen LogP contribution in [-0.4, -0.2) is 4.98 Å². The molecule has 0 atom stereocenters. The second-order valence-electron chi connectivity index (χ2n) is 6.32. The van der Waals surface area contributed by atoms with E-state index in [1.54, 1.807) is 48.5 Å². The summed E-state index contributed by atoms with van der Waals surface area (Å²) in [5.74, 6) is 0. The molecule has 0 radical (unpaired) electrons. The number of alkyl halides is 6. The molecule has 142 valence electrons. The van der Waals surface area contributed by atoms with Crippen molar-refractivity contribution in [2.45, 2.75) is 12.4 Å². The molecule has 3 aromatic carbocycles. The molecule has 0 spiro atoms. The fraction of sp³-hybridized carbons (Fsp3) is 0.0952. The summed E-state index contributed by atoms with van der Waals surface area (Å²) < 4.78 is 79.5. The first-order chi connectivity index (χ1) is 13.1. The molecule has 0 saturated heterocycles. The summed E-state index contributed by atoms with van der Waals surface area (Å²) in [6.07, 6.45) is -10.0. The van der Waals surface area contributed by atoms with E-state index >= 15 is 0 Å². The Morgan fingerprint density at radius 2 is 1.00 bits per heavy atom. The van der Waals surface area contributed by atoms with Crippen LogP contribution in [0.25, 0.3) is 32.7 Å². The largest absolute Gasteiger partial charge is 0.433 e. The zero-order valence-corrected chi connectivity index (χ0v) is 14.1. The molecule has 28 heavy (non-hydrogen) atoms. The van der Waals surface area contributed by atoms with E-state index < -0.39 is 23.7 Å². The van der Waals surface area contributed by atoms with E-state index in [1.165, 1.54) is 0 Å². The van der Waals surface area contributed by atoms with E-state index in [4.69, 9.17) is 0 Å². The lowest BCUT2D eigenvalue weighted by atomic mass is 9.91. The van der Waals surface area contributed by atoms with Crippen molar-refractivity contribution in [3.63, 3.8) is 0 Å². The standard InChI is InChI=1S/C21H11F6N/c22-20(23,24)17-10-14(11-18(28-17)21(25,26)27)19-15-7-3-1-5-12(15)9-13-6-2-4-8-16(13)19/h1-11H. The Balaban J connectivity index is 2.15. The molecule has 0 aliphatic rings. The van der Waals surface area contributed by atoms with Crippen LogP contribution in [-0.2, 0) is 12.4 Å². The van der Waals surface area contributed by atoms with Crippen molar-refractivity contribution in [3.8, 4) is 11.1 Å². The lowest BCUT2D eigenvalue weighted by Gasteiger charge is -2.16. The maximum Gasteiger partial charge on any atom is 0.433 e.